The average molecular weight is 267 g/mol. The van der Waals surface area contributed by atoms with Gasteiger partial charge in [-0.1, -0.05) is 17.7 Å². The third-order valence-electron chi connectivity index (χ3n) is 3.29. The van der Waals surface area contributed by atoms with E-state index in [1.807, 2.05) is 6.92 Å². The summed E-state index contributed by atoms with van der Waals surface area (Å²) in [7, 11) is 0. The van der Waals surface area contributed by atoms with Crippen LogP contribution in [0.2, 0.25) is 5.02 Å². The molecule has 1 heterocycles. The van der Waals surface area contributed by atoms with Crippen LogP contribution >= 0.6 is 11.6 Å². The summed E-state index contributed by atoms with van der Waals surface area (Å²) in [5.74, 6) is -0.248. The highest BCUT2D eigenvalue weighted by atomic mass is 35.5. The number of benzene rings is 1. The molecule has 0 aromatic heterocycles. The van der Waals surface area contributed by atoms with Crippen LogP contribution in [0.15, 0.2) is 18.2 Å². The lowest BCUT2D eigenvalue weighted by atomic mass is 9.88. The summed E-state index contributed by atoms with van der Waals surface area (Å²) in [5, 5.41) is 6.13. The van der Waals surface area contributed by atoms with Crippen molar-refractivity contribution in [2.24, 2.45) is 5.41 Å². The summed E-state index contributed by atoms with van der Waals surface area (Å²) < 4.78 is 0. The summed E-state index contributed by atoms with van der Waals surface area (Å²) >= 11 is 6.00. The molecule has 1 aliphatic rings. The van der Waals surface area contributed by atoms with E-state index in [4.69, 9.17) is 11.6 Å². The first-order valence-electron chi connectivity index (χ1n) is 5.76. The Hall–Kier alpha value is -1.55. The van der Waals surface area contributed by atoms with Gasteiger partial charge in [-0.3, -0.25) is 9.59 Å². The molecule has 1 atom stereocenters. The Morgan fingerprint density at radius 2 is 2.22 bits per heavy atom. The van der Waals surface area contributed by atoms with E-state index >= 15 is 0 Å². The monoisotopic (exact) mass is 266 g/mol. The van der Waals surface area contributed by atoms with Crippen molar-refractivity contribution in [1.82, 2.24) is 5.32 Å². The van der Waals surface area contributed by atoms with Crippen LogP contribution in [0.3, 0.4) is 0 Å². The molecule has 5 heteroatoms. The molecule has 18 heavy (non-hydrogen) atoms. The van der Waals surface area contributed by atoms with E-state index in [0.717, 1.165) is 5.56 Å². The van der Waals surface area contributed by atoms with E-state index in [2.05, 4.69) is 10.6 Å². The first kappa shape index (κ1) is 12.9. The molecular formula is C13H15ClN2O2. The van der Waals surface area contributed by atoms with Gasteiger partial charge in [-0.25, -0.2) is 0 Å². The van der Waals surface area contributed by atoms with Gasteiger partial charge in [0.15, 0.2) is 0 Å². The Morgan fingerprint density at radius 1 is 1.50 bits per heavy atom. The molecule has 96 valence electrons. The molecule has 2 amide bonds. The van der Waals surface area contributed by atoms with Crippen LogP contribution in [0.4, 0.5) is 5.69 Å². The standard InChI is InChI=1S/C13H15ClN2O2/c1-8-9(14)4-3-5-10(8)16-12(18)13(2)6-11(17)15-7-13/h3-5H,6-7H2,1-2H3,(H,15,17)(H,16,18). The van der Waals surface area contributed by atoms with E-state index < -0.39 is 5.41 Å². The van der Waals surface area contributed by atoms with Gasteiger partial charge in [-0.2, -0.15) is 0 Å². The second kappa shape index (κ2) is 4.61. The van der Waals surface area contributed by atoms with Crippen molar-refractivity contribution in [3.05, 3.63) is 28.8 Å². The number of hydrogen-bond acceptors (Lipinski definition) is 2. The van der Waals surface area contributed by atoms with Gasteiger partial charge in [0.25, 0.3) is 0 Å². The Morgan fingerprint density at radius 3 is 2.83 bits per heavy atom. The third kappa shape index (κ3) is 2.34. The number of halogens is 1. The zero-order valence-corrected chi connectivity index (χ0v) is 11.1. The molecule has 1 aromatic rings. The predicted octanol–water partition coefficient (Wildman–Crippen LogP) is 2.11. The minimum absolute atomic E-state index is 0.0875. The smallest absolute Gasteiger partial charge is 0.232 e. The highest BCUT2D eigenvalue weighted by Crippen LogP contribution is 2.29. The lowest BCUT2D eigenvalue weighted by molar-refractivity contribution is -0.126. The Balaban J connectivity index is 2.17. The fourth-order valence-electron chi connectivity index (χ4n) is 1.95. The van der Waals surface area contributed by atoms with Crippen molar-refractivity contribution in [2.75, 3.05) is 11.9 Å². The predicted molar refractivity (Wildman–Crippen MR) is 70.6 cm³/mol. The SMILES string of the molecule is Cc1c(Cl)cccc1NC(=O)C1(C)CNC(=O)C1. The van der Waals surface area contributed by atoms with Crippen LogP contribution in [0, 0.1) is 12.3 Å². The molecule has 1 fully saturated rings. The quantitative estimate of drug-likeness (QED) is 0.861. The van der Waals surface area contributed by atoms with Gasteiger partial charge in [0.2, 0.25) is 11.8 Å². The summed E-state index contributed by atoms with van der Waals surface area (Å²) in [5.41, 5.74) is 0.827. The molecule has 1 aliphatic heterocycles. The molecule has 0 bridgehead atoms. The van der Waals surface area contributed by atoms with Gasteiger partial charge in [-0.15, -0.1) is 0 Å². The van der Waals surface area contributed by atoms with Crippen molar-refractivity contribution in [1.29, 1.82) is 0 Å². The van der Waals surface area contributed by atoms with E-state index in [1.165, 1.54) is 0 Å². The zero-order valence-electron chi connectivity index (χ0n) is 10.3. The van der Waals surface area contributed by atoms with Crippen molar-refractivity contribution in [3.8, 4) is 0 Å². The van der Waals surface area contributed by atoms with E-state index in [9.17, 15) is 9.59 Å². The molecule has 0 spiro atoms. The Bertz CT molecular complexity index is 516. The molecule has 1 saturated heterocycles. The normalized spacial score (nSPS) is 22.7. The van der Waals surface area contributed by atoms with Crippen LogP contribution in [0.5, 0.6) is 0 Å². The van der Waals surface area contributed by atoms with Crippen molar-refractivity contribution >= 4 is 29.1 Å². The first-order chi connectivity index (χ1) is 8.42. The molecule has 2 N–H and O–H groups in total. The van der Waals surface area contributed by atoms with Crippen LogP contribution in [0.25, 0.3) is 0 Å². The van der Waals surface area contributed by atoms with Gasteiger partial charge in [0, 0.05) is 23.7 Å². The highest BCUT2D eigenvalue weighted by molar-refractivity contribution is 6.31. The molecule has 1 aromatic carbocycles. The van der Waals surface area contributed by atoms with Crippen LogP contribution in [0.1, 0.15) is 18.9 Å². The van der Waals surface area contributed by atoms with Gasteiger partial charge in [-0.05, 0) is 31.5 Å². The second-order valence-electron chi connectivity index (χ2n) is 4.88. The van der Waals surface area contributed by atoms with Crippen molar-refractivity contribution in [2.45, 2.75) is 20.3 Å². The number of anilines is 1. The number of carbonyl (C=O) groups is 2. The van der Waals surface area contributed by atoms with Gasteiger partial charge < -0.3 is 10.6 Å². The van der Waals surface area contributed by atoms with E-state index in [-0.39, 0.29) is 18.2 Å². The van der Waals surface area contributed by atoms with E-state index in [1.54, 1.807) is 25.1 Å². The largest absolute Gasteiger partial charge is 0.355 e. The maximum absolute atomic E-state index is 12.2. The summed E-state index contributed by atoms with van der Waals surface area (Å²) in [4.78, 5) is 23.4. The fourth-order valence-corrected chi connectivity index (χ4v) is 2.12. The van der Waals surface area contributed by atoms with Gasteiger partial charge in [0.05, 0.1) is 5.41 Å². The molecule has 4 nitrogen and oxygen atoms in total. The summed E-state index contributed by atoms with van der Waals surface area (Å²) in [6, 6.07) is 5.35. The second-order valence-corrected chi connectivity index (χ2v) is 5.29. The summed E-state index contributed by atoms with van der Waals surface area (Å²) in [6.45, 7) is 4.00. The maximum atomic E-state index is 12.2. The van der Waals surface area contributed by atoms with Crippen molar-refractivity contribution < 1.29 is 9.59 Å². The van der Waals surface area contributed by atoms with Gasteiger partial charge >= 0.3 is 0 Å². The van der Waals surface area contributed by atoms with Gasteiger partial charge in [0.1, 0.15) is 0 Å². The minimum Gasteiger partial charge on any atom is -0.355 e. The molecule has 0 radical (unpaired) electrons. The topological polar surface area (TPSA) is 58.2 Å². The lowest BCUT2D eigenvalue weighted by Gasteiger charge is -2.21. The first-order valence-corrected chi connectivity index (χ1v) is 6.13. The minimum atomic E-state index is -0.689. The molecular weight excluding hydrogens is 252 g/mol. The number of rotatable bonds is 2. The molecule has 0 saturated carbocycles. The summed E-state index contributed by atoms with van der Waals surface area (Å²) in [6.07, 6.45) is 0.221. The lowest BCUT2D eigenvalue weighted by Crippen LogP contribution is -2.35. The molecule has 0 aliphatic carbocycles. The number of carbonyl (C=O) groups excluding carboxylic acids is 2. The molecule has 1 unspecified atom stereocenters. The maximum Gasteiger partial charge on any atom is 0.232 e. The number of hydrogen-bond donors (Lipinski definition) is 2. The highest BCUT2D eigenvalue weighted by Gasteiger charge is 2.40. The molecule has 2 rings (SSSR count). The van der Waals surface area contributed by atoms with Crippen LogP contribution in [-0.4, -0.2) is 18.4 Å². The Kier molecular flexibility index (Phi) is 3.30. The Labute approximate surface area is 111 Å². The van der Waals surface area contributed by atoms with Crippen molar-refractivity contribution in [3.63, 3.8) is 0 Å². The van der Waals surface area contributed by atoms with Crippen LogP contribution in [-0.2, 0) is 9.59 Å². The zero-order chi connectivity index (χ0) is 13.3. The van der Waals surface area contributed by atoms with E-state index in [0.29, 0.717) is 17.3 Å². The third-order valence-corrected chi connectivity index (χ3v) is 3.70. The fraction of sp³-hybridized carbons (Fsp3) is 0.385. The average Bonchev–Trinajstić information content (AvgIpc) is 2.66. The van der Waals surface area contributed by atoms with Crippen LogP contribution < -0.4 is 10.6 Å². The number of amides is 2. The number of nitrogens with one attached hydrogen (secondary N) is 2.